The number of nitrogens with one attached hydrogen (secondary N) is 1. The normalized spacial score (nSPS) is 25.1. The molecule has 0 aromatic heterocycles. The molecule has 0 spiro atoms. The van der Waals surface area contributed by atoms with E-state index < -0.39 is 10.8 Å². The molecule has 0 saturated heterocycles. The number of methoxy groups -OCH3 is 1. The quantitative estimate of drug-likeness (QED) is 0.217. The number of rotatable bonds is 11. The zero-order valence-electron chi connectivity index (χ0n) is 25.1. The van der Waals surface area contributed by atoms with Crippen molar-refractivity contribution in [2.45, 2.75) is 45.1 Å². The number of benzene rings is 3. The van der Waals surface area contributed by atoms with E-state index in [-0.39, 0.29) is 47.7 Å². The Morgan fingerprint density at radius 3 is 2.43 bits per heavy atom. The predicted molar refractivity (Wildman–Crippen MR) is 166 cm³/mol. The van der Waals surface area contributed by atoms with E-state index in [1.54, 1.807) is 25.3 Å². The third-order valence-corrected chi connectivity index (χ3v) is 10.2. The largest absolute Gasteiger partial charge is 0.508 e. The molecule has 2 fully saturated rings. The molecule has 2 saturated carbocycles. The van der Waals surface area contributed by atoms with E-state index >= 15 is 0 Å². The van der Waals surface area contributed by atoms with Gasteiger partial charge in [-0.05, 0) is 66.3 Å². The molecule has 3 aromatic carbocycles. The first-order chi connectivity index (χ1) is 20.1. The highest BCUT2D eigenvalue weighted by Crippen LogP contribution is 2.69. The number of likely N-dealkylation sites (N-methyl/N-ethyl adjacent to an activating group) is 1. The highest BCUT2D eigenvalue weighted by molar-refractivity contribution is 5.89. The second-order valence-electron chi connectivity index (χ2n) is 12.5. The van der Waals surface area contributed by atoms with Gasteiger partial charge in [-0.3, -0.25) is 4.79 Å². The van der Waals surface area contributed by atoms with Gasteiger partial charge in [-0.2, -0.15) is 0 Å². The fourth-order valence-electron chi connectivity index (χ4n) is 7.86. The molecule has 3 aromatic rings. The zero-order chi connectivity index (χ0) is 30.2. The summed E-state index contributed by atoms with van der Waals surface area (Å²) in [5.74, 6) is 0.523. The van der Waals surface area contributed by atoms with Crippen LogP contribution in [-0.4, -0.2) is 54.5 Å². The summed E-state index contributed by atoms with van der Waals surface area (Å²) < 4.78 is 5.94. The third-order valence-electron chi connectivity index (χ3n) is 10.2. The van der Waals surface area contributed by atoms with E-state index in [9.17, 15) is 20.1 Å². The summed E-state index contributed by atoms with van der Waals surface area (Å²) in [7, 11) is 3.55. The van der Waals surface area contributed by atoms with Crippen molar-refractivity contribution in [2.75, 3.05) is 27.3 Å². The van der Waals surface area contributed by atoms with Crippen molar-refractivity contribution in [1.82, 2.24) is 5.32 Å². The van der Waals surface area contributed by atoms with Gasteiger partial charge < -0.3 is 25.4 Å². The Kier molecular flexibility index (Phi) is 8.35. The van der Waals surface area contributed by atoms with Crippen LogP contribution in [0.5, 0.6) is 11.5 Å². The summed E-state index contributed by atoms with van der Waals surface area (Å²) >= 11 is 0. The summed E-state index contributed by atoms with van der Waals surface area (Å²) in [6, 6.07) is 21.0. The molecule has 0 heterocycles. The molecule has 222 valence electrons. The van der Waals surface area contributed by atoms with Gasteiger partial charge in [0.2, 0.25) is 0 Å². The molecule has 4 N–H and O–H groups in total. The first kappa shape index (κ1) is 30.0. The molecular formula is C36H43NO5. The lowest BCUT2D eigenvalue weighted by molar-refractivity contribution is -0.141. The molecule has 2 aliphatic carbocycles. The lowest BCUT2D eigenvalue weighted by Crippen LogP contribution is -2.47. The van der Waals surface area contributed by atoms with Gasteiger partial charge in [-0.25, -0.2) is 0 Å². The van der Waals surface area contributed by atoms with Crippen molar-refractivity contribution in [1.29, 1.82) is 0 Å². The fraction of sp³-hybridized carbons (Fsp3) is 0.417. The number of hydrogen-bond acceptors (Lipinski definition) is 6. The number of phenolic OH excluding ortho intramolecular Hbond substituents is 2. The Bertz CT molecular complexity index is 1460. The molecule has 5 rings (SSSR count). The van der Waals surface area contributed by atoms with E-state index in [0.29, 0.717) is 25.8 Å². The van der Waals surface area contributed by atoms with Gasteiger partial charge in [0.1, 0.15) is 17.3 Å². The highest BCUT2D eigenvalue weighted by Gasteiger charge is 2.71. The molecule has 0 aliphatic heterocycles. The van der Waals surface area contributed by atoms with Crippen LogP contribution in [0.2, 0.25) is 0 Å². The topological polar surface area (TPSA) is 99.0 Å². The number of hydrogen-bond donors (Lipinski definition) is 4. The van der Waals surface area contributed by atoms with Crippen molar-refractivity contribution in [3.8, 4) is 22.6 Å². The maximum absolute atomic E-state index is 14.0. The van der Waals surface area contributed by atoms with Crippen LogP contribution in [0.15, 0.2) is 78.9 Å². The van der Waals surface area contributed by atoms with Gasteiger partial charge in [0.15, 0.2) is 0 Å². The van der Waals surface area contributed by atoms with Gasteiger partial charge in [0.25, 0.3) is 0 Å². The number of aliphatic hydroxyl groups is 1. The van der Waals surface area contributed by atoms with Crippen LogP contribution in [0.25, 0.3) is 11.1 Å². The molecule has 5 atom stereocenters. The number of phenols is 2. The maximum Gasteiger partial charge on any atom is 0.142 e. The highest BCUT2D eigenvalue weighted by atomic mass is 16.5. The van der Waals surface area contributed by atoms with E-state index in [1.807, 2.05) is 49.5 Å². The Hall–Kier alpha value is -3.45. The number of ketones is 1. The monoisotopic (exact) mass is 569 g/mol. The number of aliphatic hydroxyl groups excluding tert-OH is 1. The standard InChI is InChI=1S/C36H43NO5/c1-22-33-27(21-38)19-36(34(33)42-5,35(22,2)3)32(41)16-9-23-7-6-8-25(17-23)26-12-15-29(31(40)18-26)30(20-37-4)24-10-13-28(39)14-11-24/h6-8,10-15,17-18,27,30,33-34,37-40H,1,9,16,19-21H2,2-5H3/t27-,30-,33+,34-,36+/m1/s1. The van der Waals surface area contributed by atoms with Crippen LogP contribution >= 0.6 is 0 Å². The van der Waals surface area contributed by atoms with E-state index in [4.69, 9.17) is 4.74 Å². The Labute approximate surface area is 249 Å². The van der Waals surface area contributed by atoms with E-state index in [2.05, 4.69) is 31.8 Å². The molecule has 2 aliphatic rings. The second-order valence-corrected chi connectivity index (χ2v) is 12.5. The first-order valence-electron chi connectivity index (χ1n) is 14.8. The van der Waals surface area contributed by atoms with Crippen LogP contribution in [0.3, 0.4) is 0 Å². The van der Waals surface area contributed by atoms with Crippen molar-refractivity contribution in [3.05, 3.63) is 95.6 Å². The summed E-state index contributed by atoms with van der Waals surface area (Å²) in [6.45, 7) is 9.23. The Morgan fingerprint density at radius 2 is 1.79 bits per heavy atom. The summed E-state index contributed by atoms with van der Waals surface area (Å²) in [4.78, 5) is 14.0. The summed E-state index contributed by atoms with van der Waals surface area (Å²) in [5, 5.41) is 34.1. The SMILES string of the molecule is C=C1[C@H]2[C@@H](CO)C[C@](C(=O)CCc3cccc(-c4ccc([C@H](CNC)c5ccc(O)cc5)c(O)c4)c3)([C@@H]2OC)C1(C)C. The van der Waals surface area contributed by atoms with Gasteiger partial charge >= 0.3 is 0 Å². The number of aromatic hydroxyl groups is 2. The van der Waals surface area contributed by atoms with E-state index in [1.165, 1.54) is 0 Å². The number of ether oxygens (including phenoxy) is 1. The molecule has 6 nitrogen and oxygen atoms in total. The zero-order valence-corrected chi connectivity index (χ0v) is 25.1. The Morgan fingerprint density at radius 1 is 1.07 bits per heavy atom. The molecule has 2 bridgehead atoms. The lowest BCUT2D eigenvalue weighted by atomic mass is 9.58. The third kappa shape index (κ3) is 4.85. The van der Waals surface area contributed by atoms with Crippen LogP contribution in [0, 0.1) is 22.7 Å². The summed E-state index contributed by atoms with van der Waals surface area (Å²) in [5.41, 5.74) is 4.67. The van der Waals surface area contributed by atoms with Gasteiger partial charge in [0, 0.05) is 49.5 Å². The fourth-order valence-corrected chi connectivity index (χ4v) is 7.86. The number of Topliss-reactive ketones (excluding diaryl/α,β-unsaturated/α-hetero) is 1. The Balaban J connectivity index is 1.35. The van der Waals surface area contributed by atoms with Crippen molar-refractivity contribution in [3.63, 3.8) is 0 Å². The number of carbonyl (C=O) groups is 1. The van der Waals surface area contributed by atoms with Gasteiger partial charge in [-0.15, -0.1) is 0 Å². The average molecular weight is 570 g/mol. The van der Waals surface area contributed by atoms with Crippen LogP contribution in [0.4, 0.5) is 0 Å². The van der Waals surface area contributed by atoms with Gasteiger partial charge in [-0.1, -0.05) is 74.5 Å². The second kappa shape index (κ2) is 11.7. The lowest BCUT2D eigenvalue weighted by Gasteiger charge is -2.44. The van der Waals surface area contributed by atoms with Crippen molar-refractivity contribution in [2.24, 2.45) is 22.7 Å². The predicted octanol–water partition coefficient (Wildman–Crippen LogP) is 5.84. The minimum atomic E-state index is -0.683. The smallest absolute Gasteiger partial charge is 0.142 e. The van der Waals surface area contributed by atoms with Crippen molar-refractivity contribution < 1.29 is 24.9 Å². The minimum Gasteiger partial charge on any atom is -0.508 e. The number of carbonyl (C=O) groups excluding carboxylic acids is 1. The molecule has 0 amide bonds. The van der Waals surface area contributed by atoms with Crippen LogP contribution < -0.4 is 5.32 Å². The molecule has 0 radical (unpaired) electrons. The maximum atomic E-state index is 14.0. The van der Waals surface area contributed by atoms with E-state index in [0.717, 1.165) is 33.4 Å². The van der Waals surface area contributed by atoms with Gasteiger partial charge in [0.05, 0.1) is 11.5 Å². The van der Waals surface area contributed by atoms with Crippen molar-refractivity contribution >= 4 is 5.78 Å². The number of fused-ring (bicyclic) bond motifs is 2. The first-order valence-corrected chi connectivity index (χ1v) is 14.8. The minimum absolute atomic E-state index is 0.000137. The summed E-state index contributed by atoms with van der Waals surface area (Å²) in [6.07, 6.45) is 1.34. The molecule has 42 heavy (non-hydrogen) atoms. The molecule has 6 heteroatoms. The molecule has 0 unspecified atom stereocenters. The molecular weight excluding hydrogens is 526 g/mol. The van der Waals surface area contributed by atoms with Crippen LogP contribution in [-0.2, 0) is 16.0 Å². The number of aryl methyl sites for hydroxylation is 1. The van der Waals surface area contributed by atoms with Crippen LogP contribution in [0.1, 0.15) is 49.3 Å². The average Bonchev–Trinajstić information content (AvgIpc) is 3.42.